The van der Waals surface area contributed by atoms with E-state index in [1.165, 1.54) is 49.7 Å². The van der Waals surface area contributed by atoms with Crippen molar-refractivity contribution in [2.24, 2.45) is 5.92 Å². The fourth-order valence-electron chi connectivity index (χ4n) is 5.75. The van der Waals surface area contributed by atoms with E-state index in [0.717, 1.165) is 50.3 Å². The van der Waals surface area contributed by atoms with E-state index >= 15 is 0 Å². The van der Waals surface area contributed by atoms with Gasteiger partial charge in [0, 0.05) is 31.4 Å². The van der Waals surface area contributed by atoms with Gasteiger partial charge in [-0.3, -0.25) is 14.6 Å². The molecule has 2 amide bonds. The largest absolute Gasteiger partial charge is 0.453 e. The predicted molar refractivity (Wildman–Crippen MR) is 154 cm³/mol. The molecule has 3 fully saturated rings. The third-order valence-electron chi connectivity index (χ3n) is 8.00. The van der Waals surface area contributed by atoms with Gasteiger partial charge in [-0.05, 0) is 37.2 Å². The molecule has 0 bridgehead atoms. The number of benzene rings is 1. The number of thiocarbonyl (C=S) groups is 1. The first-order valence-electron chi connectivity index (χ1n) is 13.8. The Bertz CT molecular complexity index is 889. The molecule has 2 atom stereocenters. The lowest BCUT2D eigenvalue weighted by atomic mass is 9.85. The summed E-state index contributed by atoms with van der Waals surface area (Å²) in [5.41, 5.74) is 1.35. The van der Waals surface area contributed by atoms with Crippen molar-refractivity contribution >= 4 is 41.0 Å². The highest BCUT2D eigenvalue weighted by Crippen LogP contribution is 2.28. The molecule has 1 aliphatic carbocycles. The summed E-state index contributed by atoms with van der Waals surface area (Å²) < 4.78 is 4.89. The first-order valence-corrected chi connectivity index (χ1v) is 15.4. The van der Waals surface area contributed by atoms with Crippen LogP contribution < -0.4 is 10.6 Å². The van der Waals surface area contributed by atoms with Crippen molar-refractivity contribution in [2.75, 3.05) is 31.8 Å². The van der Waals surface area contributed by atoms with Crippen LogP contribution in [0.1, 0.15) is 63.4 Å². The number of nitrogens with zero attached hydrogens (tertiary/aromatic N) is 2. The summed E-state index contributed by atoms with van der Waals surface area (Å²) in [6.45, 7) is 3.04. The van der Waals surface area contributed by atoms with Gasteiger partial charge in [0.1, 0.15) is 6.04 Å². The molecule has 0 aromatic heterocycles. The number of amides is 2. The number of rotatable bonds is 9. The molecule has 1 saturated carbocycles. The zero-order valence-electron chi connectivity index (χ0n) is 22.0. The van der Waals surface area contributed by atoms with Gasteiger partial charge in [0.15, 0.2) is 0 Å². The van der Waals surface area contributed by atoms with Crippen LogP contribution in [0.5, 0.6) is 0 Å². The number of ether oxygens (including phenoxy) is 1. The zero-order chi connectivity index (χ0) is 26.0. The van der Waals surface area contributed by atoms with E-state index in [1.54, 1.807) is 11.8 Å². The summed E-state index contributed by atoms with van der Waals surface area (Å²) in [5.74, 6) is 1.63. The average Bonchev–Trinajstić information content (AvgIpc) is 3.43. The smallest absolute Gasteiger partial charge is 0.410 e. The number of nitrogens with one attached hydrogen (secondary N) is 2. The Morgan fingerprint density at radius 3 is 2.54 bits per heavy atom. The second-order valence-electron chi connectivity index (χ2n) is 10.6. The molecule has 2 saturated heterocycles. The second kappa shape index (κ2) is 14.4. The van der Waals surface area contributed by atoms with E-state index < -0.39 is 12.1 Å². The minimum absolute atomic E-state index is 0.133. The van der Waals surface area contributed by atoms with Crippen LogP contribution in [0.3, 0.4) is 0 Å². The number of hydrogen-bond donors (Lipinski definition) is 2. The second-order valence-corrected chi connectivity index (χ2v) is 12.1. The van der Waals surface area contributed by atoms with Crippen molar-refractivity contribution in [3.8, 4) is 0 Å². The minimum atomic E-state index is -0.515. The number of hydrogen-bond acceptors (Lipinski definition) is 6. The third kappa shape index (κ3) is 8.32. The quantitative estimate of drug-likeness (QED) is 0.440. The highest BCUT2D eigenvalue weighted by molar-refractivity contribution is 7.99. The third-order valence-corrected chi connectivity index (χ3v) is 9.41. The van der Waals surface area contributed by atoms with Gasteiger partial charge in [-0.15, -0.1) is 11.8 Å². The number of methoxy groups -OCH3 is 1. The lowest BCUT2D eigenvalue weighted by Gasteiger charge is -2.34. The van der Waals surface area contributed by atoms with Gasteiger partial charge in [-0.2, -0.15) is 0 Å². The van der Waals surface area contributed by atoms with E-state index in [9.17, 15) is 9.59 Å². The molecule has 2 aliphatic heterocycles. The average molecular weight is 547 g/mol. The molecule has 1 aromatic carbocycles. The van der Waals surface area contributed by atoms with Gasteiger partial charge in [0.05, 0.1) is 24.0 Å². The van der Waals surface area contributed by atoms with Gasteiger partial charge >= 0.3 is 6.09 Å². The SMILES string of the molecule is COC(=O)N1CSC[C@H]1C(=O)N[C@H](CCC1CCCCC1)C(=S)NC1CCN(Cc2ccccc2)CC1. The molecule has 3 aliphatic rings. The van der Waals surface area contributed by atoms with Crippen molar-refractivity contribution < 1.29 is 14.3 Å². The van der Waals surface area contributed by atoms with Crippen LogP contribution in [-0.4, -0.2) is 76.7 Å². The van der Waals surface area contributed by atoms with Crippen molar-refractivity contribution in [2.45, 2.75) is 82.5 Å². The van der Waals surface area contributed by atoms with Crippen LogP contribution in [0.15, 0.2) is 30.3 Å². The van der Waals surface area contributed by atoms with Crippen molar-refractivity contribution in [3.63, 3.8) is 0 Å². The maximum Gasteiger partial charge on any atom is 0.410 e. The molecule has 4 rings (SSSR count). The molecule has 0 spiro atoms. The molecule has 0 unspecified atom stereocenters. The number of piperidine rings is 1. The lowest BCUT2D eigenvalue weighted by Crippen LogP contribution is -2.55. The minimum Gasteiger partial charge on any atom is -0.453 e. The van der Waals surface area contributed by atoms with Crippen molar-refractivity contribution in [1.29, 1.82) is 0 Å². The van der Waals surface area contributed by atoms with Crippen molar-refractivity contribution in [1.82, 2.24) is 20.4 Å². The highest BCUT2D eigenvalue weighted by Gasteiger charge is 2.37. The summed E-state index contributed by atoms with van der Waals surface area (Å²) >= 11 is 7.48. The number of carbonyl (C=O) groups excluding carboxylic acids is 2. The summed E-state index contributed by atoms with van der Waals surface area (Å²) in [6.07, 6.45) is 10.0. The Labute approximate surface area is 231 Å². The van der Waals surface area contributed by atoms with Crippen LogP contribution in [0.2, 0.25) is 0 Å². The summed E-state index contributed by atoms with van der Waals surface area (Å²) in [7, 11) is 1.36. The number of likely N-dealkylation sites (tertiary alicyclic amines) is 1. The highest BCUT2D eigenvalue weighted by atomic mass is 32.2. The van der Waals surface area contributed by atoms with Gasteiger partial charge in [0.25, 0.3) is 0 Å². The van der Waals surface area contributed by atoms with Gasteiger partial charge in [0.2, 0.25) is 5.91 Å². The monoisotopic (exact) mass is 546 g/mol. The summed E-state index contributed by atoms with van der Waals surface area (Å²) in [5, 5.41) is 6.83. The van der Waals surface area contributed by atoms with Gasteiger partial charge in [-0.25, -0.2) is 4.79 Å². The molecule has 2 heterocycles. The molecule has 2 N–H and O–H groups in total. The molecular weight excluding hydrogens is 504 g/mol. The van der Waals surface area contributed by atoms with Gasteiger partial charge < -0.3 is 15.4 Å². The zero-order valence-corrected chi connectivity index (χ0v) is 23.7. The predicted octanol–water partition coefficient (Wildman–Crippen LogP) is 4.55. The lowest BCUT2D eigenvalue weighted by molar-refractivity contribution is -0.125. The van der Waals surface area contributed by atoms with Crippen LogP contribution in [0, 0.1) is 5.92 Å². The fraction of sp³-hybridized carbons (Fsp3) is 0.679. The molecule has 9 heteroatoms. The Hall–Kier alpha value is -1.84. The maximum atomic E-state index is 13.3. The van der Waals surface area contributed by atoms with E-state index in [2.05, 4.69) is 45.9 Å². The van der Waals surface area contributed by atoms with Gasteiger partial charge in [-0.1, -0.05) is 74.7 Å². The standard InChI is InChI=1S/C28H42N4O3S2/c1-35-28(34)32-20-37-19-25(32)26(33)30-24(13-12-21-8-4-2-5-9-21)27(36)29-23-14-16-31(17-15-23)18-22-10-6-3-7-11-22/h3,6-7,10-11,21,23-25H,2,4-5,8-9,12-20H2,1H3,(H,29,36)(H,30,33)/t24-,25+/m1/s1. The number of carbonyl (C=O) groups is 2. The Balaban J connectivity index is 1.32. The molecule has 7 nitrogen and oxygen atoms in total. The molecular formula is C28H42N4O3S2. The maximum absolute atomic E-state index is 13.3. The Kier molecular flexibility index (Phi) is 10.9. The van der Waals surface area contributed by atoms with Crippen LogP contribution in [-0.2, 0) is 16.1 Å². The van der Waals surface area contributed by atoms with E-state index in [0.29, 0.717) is 23.6 Å². The molecule has 1 aromatic rings. The Morgan fingerprint density at radius 1 is 1.11 bits per heavy atom. The van der Waals surface area contributed by atoms with E-state index in [4.69, 9.17) is 17.0 Å². The van der Waals surface area contributed by atoms with Crippen LogP contribution in [0.25, 0.3) is 0 Å². The molecule has 204 valence electrons. The first kappa shape index (κ1) is 28.2. The topological polar surface area (TPSA) is 73.9 Å². The molecule has 37 heavy (non-hydrogen) atoms. The first-order chi connectivity index (χ1) is 18.0. The normalized spacial score (nSPS) is 22.4. The summed E-state index contributed by atoms with van der Waals surface area (Å²) in [4.78, 5) is 30.2. The molecule has 0 radical (unpaired) electrons. The Morgan fingerprint density at radius 2 is 1.84 bits per heavy atom. The van der Waals surface area contributed by atoms with E-state index in [-0.39, 0.29) is 11.9 Å². The van der Waals surface area contributed by atoms with Crippen LogP contribution in [0.4, 0.5) is 4.79 Å². The fourth-order valence-corrected chi connectivity index (χ4v) is 7.24. The summed E-state index contributed by atoms with van der Waals surface area (Å²) in [6, 6.07) is 10.2. The van der Waals surface area contributed by atoms with E-state index in [1.807, 2.05) is 0 Å². The van der Waals surface area contributed by atoms with Crippen LogP contribution >= 0.6 is 24.0 Å². The number of thioether (sulfide) groups is 1. The van der Waals surface area contributed by atoms with Crippen molar-refractivity contribution in [3.05, 3.63) is 35.9 Å².